The molecule has 2 saturated carbocycles. The first kappa shape index (κ1) is 11.0. The van der Waals surface area contributed by atoms with Gasteiger partial charge < -0.3 is 10.2 Å². The molecule has 3 aliphatic rings. The van der Waals surface area contributed by atoms with Gasteiger partial charge in [0.2, 0.25) is 0 Å². The number of piperazine rings is 1. The third kappa shape index (κ3) is 2.78. The molecule has 3 rings (SSSR count). The second-order valence-corrected chi connectivity index (χ2v) is 6.16. The molecule has 0 aromatic carbocycles. The van der Waals surface area contributed by atoms with Gasteiger partial charge in [0.25, 0.3) is 0 Å². The minimum Gasteiger partial charge on any atom is -0.311 e. The molecule has 1 unspecified atom stereocenters. The summed E-state index contributed by atoms with van der Waals surface area (Å²) >= 11 is 0. The summed E-state index contributed by atoms with van der Waals surface area (Å²) in [6.07, 6.45) is 10.4. The lowest BCUT2D eigenvalue weighted by Gasteiger charge is -2.39. The first-order valence-corrected chi connectivity index (χ1v) is 7.37. The van der Waals surface area contributed by atoms with E-state index >= 15 is 0 Å². The van der Waals surface area contributed by atoms with Crippen LogP contribution >= 0.6 is 0 Å². The van der Waals surface area contributed by atoms with E-state index in [-0.39, 0.29) is 0 Å². The highest BCUT2D eigenvalue weighted by atomic mass is 15.2. The second kappa shape index (κ2) is 5.05. The molecule has 92 valence electrons. The first-order valence-electron chi connectivity index (χ1n) is 7.37. The first-order chi connectivity index (χ1) is 7.92. The zero-order valence-electron chi connectivity index (χ0n) is 10.5. The van der Waals surface area contributed by atoms with Crippen LogP contribution in [0.2, 0.25) is 0 Å². The minimum atomic E-state index is 0.813. The monoisotopic (exact) mass is 222 g/mol. The zero-order valence-corrected chi connectivity index (χ0v) is 10.5. The standard InChI is InChI=1S/C14H26N2/c1-2-4-13(5-3-1)14-11-16(9-8-15-14)10-12-6-7-12/h12-15H,1-11H2. The lowest BCUT2D eigenvalue weighted by Crippen LogP contribution is -2.54. The van der Waals surface area contributed by atoms with Gasteiger partial charge >= 0.3 is 0 Å². The highest BCUT2D eigenvalue weighted by molar-refractivity contribution is 4.88. The van der Waals surface area contributed by atoms with Gasteiger partial charge in [0.1, 0.15) is 0 Å². The van der Waals surface area contributed by atoms with E-state index in [4.69, 9.17) is 0 Å². The Morgan fingerprint density at radius 1 is 1.00 bits per heavy atom. The van der Waals surface area contributed by atoms with Crippen molar-refractivity contribution in [1.29, 1.82) is 0 Å². The molecule has 1 saturated heterocycles. The minimum absolute atomic E-state index is 0.813. The molecule has 1 aliphatic heterocycles. The number of nitrogens with zero attached hydrogens (tertiary/aromatic N) is 1. The summed E-state index contributed by atoms with van der Waals surface area (Å²) in [5.74, 6) is 2.04. The van der Waals surface area contributed by atoms with E-state index in [1.54, 1.807) is 0 Å². The van der Waals surface area contributed by atoms with Crippen LogP contribution in [0, 0.1) is 11.8 Å². The van der Waals surface area contributed by atoms with Crippen molar-refractivity contribution >= 4 is 0 Å². The summed E-state index contributed by atoms with van der Waals surface area (Å²) < 4.78 is 0. The molecule has 1 atom stereocenters. The van der Waals surface area contributed by atoms with Crippen LogP contribution in [0.15, 0.2) is 0 Å². The third-order valence-electron chi connectivity index (χ3n) is 4.72. The molecule has 0 aromatic rings. The Hall–Kier alpha value is -0.0800. The number of hydrogen-bond acceptors (Lipinski definition) is 2. The highest BCUT2D eigenvalue weighted by Gasteiger charge is 2.30. The molecule has 3 fully saturated rings. The Bertz CT molecular complexity index is 219. The Morgan fingerprint density at radius 3 is 2.56 bits per heavy atom. The van der Waals surface area contributed by atoms with Crippen LogP contribution in [0.5, 0.6) is 0 Å². The zero-order chi connectivity index (χ0) is 10.8. The smallest absolute Gasteiger partial charge is 0.0223 e. The second-order valence-electron chi connectivity index (χ2n) is 6.16. The predicted molar refractivity (Wildman–Crippen MR) is 67.5 cm³/mol. The van der Waals surface area contributed by atoms with Crippen LogP contribution in [0.1, 0.15) is 44.9 Å². The van der Waals surface area contributed by atoms with Crippen molar-refractivity contribution in [3.8, 4) is 0 Å². The van der Waals surface area contributed by atoms with E-state index in [1.165, 1.54) is 71.1 Å². The van der Waals surface area contributed by atoms with Crippen molar-refractivity contribution in [1.82, 2.24) is 10.2 Å². The van der Waals surface area contributed by atoms with E-state index in [1.807, 2.05) is 0 Å². The average molecular weight is 222 g/mol. The van der Waals surface area contributed by atoms with Crippen molar-refractivity contribution in [3.63, 3.8) is 0 Å². The van der Waals surface area contributed by atoms with Crippen LogP contribution in [0.25, 0.3) is 0 Å². The summed E-state index contributed by atoms with van der Waals surface area (Å²) in [7, 11) is 0. The van der Waals surface area contributed by atoms with Crippen LogP contribution in [-0.4, -0.2) is 37.1 Å². The predicted octanol–water partition coefficient (Wildman–Crippen LogP) is 2.25. The Labute approximate surface area is 99.8 Å². The topological polar surface area (TPSA) is 15.3 Å². The van der Waals surface area contributed by atoms with Gasteiger partial charge in [-0.25, -0.2) is 0 Å². The highest BCUT2D eigenvalue weighted by Crippen LogP contribution is 2.31. The third-order valence-corrected chi connectivity index (χ3v) is 4.72. The fourth-order valence-electron chi connectivity index (χ4n) is 3.53. The number of nitrogens with one attached hydrogen (secondary N) is 1. The average Bonchev–Trinajstić information content (AvgIpc) is 3.15. The maximum absolute atomic E-state index is 3.77. The summed E-state index contributed by atoms with van der Waals surface area (Å²) in [6, 6.07) is 0.813. The molecule has 2 heteroatoms. The fraction of sp³-hybridized carbons (Fsp3) is 1.00. The summed E-state index contributed by atoms with van der Waals surface area (Å²) in [5, 5.41) is 3.77. The molecule has 0 amide bonds. The van der Waals surface area contributed by atoms with E-state index in [0.29, 0.717) is 0 Å². The van der Waals surface area contributed by atoms with Gasteiger partial charge in [-0.1, -0.05) is 19.3 Å². The van der Waals surface area contributed by atoms with Gasteiger partial charge in [-0.2, -0.15) is 0 Å². The fourth-order valence-corrected chi connectivity index (χ4v) is 3.53. The number of rotatable bonds is 3. The Balaban J connectivity index is 1.49. The van der Waals surface area contributed by atoms with Crippen molar-refractivity contribution < 1.29 is 0 Å². The van der Waals surface area contributed by atoms with Crippen LogP contribution in [0.3, 0.4) is 0 Å². The van der Waals surface area contributed by atoms with Gasteiger partial charge in [-0.05, 0) is 37.5 Å². The van der Waals surface area contributed by atoms with E-state index in [2.05, 4.69) is 10.2 Å². The summed E-state index contributed by atoms with van der Waals surface area (Å²) in [4.78, 5) is 2.73. The van der Waals surface area contributed by atoms with Crippen LogP contribution in [0.4, 0.5) is 0 Å². The quantitative estimate of drug-likeness (QED) is 0.788. The molecular weight excluding hydrogens is 196 g/mol. The molecule has 0 bridgehead atoms. The molecule has 1 N–H and O–H groups in total. The van der Waals surface area contributed by atoms with E-state index in [0.717, 1.165) is 17.9 Å². The Kier molecular flexibility index (Phi) is 3.49. The largest absolute Gasteiger partial charge is 0.311 e. The van der Waals surface area contributed by atoms with E-state index in [9.17, 15) is 0 Å². The van der Waals surface area contributed by atoms with Crippen LogP contribution in [-0.2, 0) is 0 Å². The van der Waals surface area contributed by atoms with Crippen LogP contribution < -0.4 is 5.32 Å². The Morgan fingerprint density at radius 2 is 1.81 bits per heavy atom. The molecule has 0 aromatic heterocycles. The van der Waals surface area contributed by atoms with Crippen molar-refractivity contribution in [2.45, 2.75) is 51.0 Å². The molecule has 1 heterocycles. The summed E-state index contributed by atoms with van der Waals surface area (Å²) in [6.45, 7) is 5.25. The van der Waals surface area contributed by atoms with Gasteiger partial charge in [0, 0.05) is 32.2 Å². The molecule has 2 nitrogen and oxygen atoms in total. The molecule has 0 spiro atoms. The van der Waals surface area contributed by atoms with Crippen molar-refractivity contribution in [2.24, 2.45) is 11.8 Å². The molecular formula is C14H26N2. The molecule has 2 aliphatic carbocycles. The lowest BCUT2D eigenvalue weighted by molar-refractivity contribution is 0.142. The normalized spacial score (nSPS) is 34.1. The van der Waals surface area contributed by atoms with Gasteiger partial charge in [0.15, 0.2) is 0 Å². The lowest BCUT2D eigenvalue weighted by atomic mass is 9.83. The van der Waals surface area contributed by atoms with Crippen molar-refractivity contribution in [2.75, 3.05) is 26.2 Å². The van der Waals surface area contributed by atoms with Crippen molar-refractivity contribution in [3.05, 3.63) is 0 Å². The van der Waals surface area contributed by atoms with Gasteiger partial charge in [0.05, 0.1) is 0 Å². The molecule has 0 radical (unpaired) electrons. The van der Waals surface area contributed by atoms with Gasteiger partial charge in [-0.3, -0.25) is 0 Å². The molecule has 16 heavy (non-hydrogen) atoms. The maximum Gasteiger partial charge on any atom is 0.0223 e. The number of hydrogen-bond donors (Lipinski definition) is 1. The maximum atomic E-state index is 3.77. The summed E-state index contributed by atoms with van der Waals surface area (Å²) in [5.41, 5.74) is 0. The van der Waals surface area contributed by atoms with E-state index < -0.39 is 0 Å². The SMILES string of the molecule is C1CCC(C2CN(CC3CC3)CCN2)CC1. The van der Waals surface area contributed by atoms with Gasteiger partial charge in [-0.15, -0.1) is 0 Å².